The Morgan fingerprint density at radius 2 is 1.97 bits per heavy atom. The summed E-state index contributed by atoms with van der Waals surface area (Å²) in [6, 6.07) is 9.20. The van der Waals surface area contributed by atoms with Crippen molar-refractivity contribution in [1.82, 2.24) is 9.88 Å². The molecular formula is C23H33BrN4O2S. The van der Waals surface area contributed by atoms with E-state index in [1.54, 1.807) is 12.4 Å². The largest absolute Gasteiger partial charge is 0.438 e. The minimum absolute atomic E-state index is 0.0194. The smallest absolute Gasteiger partial charge is 0.233 e. The van der Waals surface area contributed by atoms with Crippen LogP contribution < -0.4 is 4.74 Å². The zero-order valence-electron chi connectivity index (χ0n) is 19.5. The number of halogens is 1. The molecule has 1 aromatic carbocycles. The lowest BCUT2D eigenvalue weighted by atomic mass is 9.98. The molecule has 0 radical (unpaired) electrons. The number of benzene rings is 1. The van der Waals surface area contributed by atoms with Crippen LogP contribution in [0.3, 0.4) is 0 Å². The summed E-state index contributed by atoms with van der Waals surface area (Å²) in [5.41, 5.74) is 1.50. The summed E-state index contributed by atoms with van der Waals surface area (Å²) < 4.78 is 24.8. The fourth-order valence-electron chi connectivity index (χ4n) is 2.47. The Bertz CT molecular complexity index is 1050. The number of hydrogen-bond donors (Lipinski definition) is 0. The molecular weight excluding hydrogens is 476 g/mol. The zero-order valence-corrected chi connectivity index (χ0v) is 21.9. The lowest BCUT2D eigenvalue weighted by Gasteiger charge is -2.17. The molecule has 1 unspecified atom stereocenters. The number of nitrogens with zero attached hydrogens (tertiary/aromatic N) is 4. The van der Waals surface area contributed by atoms with Crippen molar-refractivity contribution >= 4 is 37.7 Å². The molecule has 2 aromatic rings. The number of aryl methyl sites for hydroxylation is 1. The fourth-order valence-corrected chi connectivity index (χ4v) is 4.71. The summed E-state index contributed by atoms with van der Waals surface area (Å²) in [7, 11) is -0.541. The molecule has 1 heterocycles. The van der Waals surface area contributed by atoms with Crippen LogP contribution in [-0.2, 0) is 9.73 Å². The summed E-state index contributed by atoms with van der Waals surface area (Å²) in [5.74, 6) is 1.46. The molecule has 8 heteroatoms. The van der Waals surface area contributed by atoms with E-state index in [1.807, 2.05) is 50.1 Å². The third kappa shape index (κ3) is 7.31. The van der Waals surface area contributed by atoms with Gasteiger partial charge in [0, 0.05) is 19.3 Å². The molecule has 0 saturated carbocycles. The second-order valence-corrected chi connectivity index (χ2v) is 12.0. The number of pyridine rings is 1. The van der Waals surface area contributed by atoms with E-state index in [4.69, 9.17) is 4.74 Å². The molecule has 1 atom stereocenters. The van der Waals surface area contributed by atoms with Crippen molar-refractivity contribution in [2.24, 2.45) is 14.8 Å². The minimum Gasteiger partial charge on any atom is -0.438 e. The average Bonchev–Trinajstić information content (AvgIpc) is 2.72. The van der Waals surface area contributed by atoms with E-state index in [2.05, 4.69) is 58.0 Å². The Hall–Kier alpha value is -1.93. The van der Waals surface area contributed by atoms with Gasteiger partial charge in [0.2, 0.25) is 5.88 Å². The quantitative estimate of drug-likeness (QED) is 0.303. The van der Waals surface area contributed by atoms with Gasteiger partial charge in [-0.05, 0) is 59.5 Å². The predicted octanol–water partition coefficient (Wildman–Crippen LogP) is 6.45. The third-order valence-electron chi connectivity index (χ3n) is 4.53. The van der Waals surface area contributed by atoms with Crippen molar-refractivity contribution in [3.8, 4) is 11.6 Å². The summed E-state index contributed by atoms with van der Waals surface area (Å²) in [4.78, 5) is 11.7. The lowest BCUT2D eigenvalue weighted by molar-refractivity contribution is 0.430. The Morgan fingerprint density at radius 1 is 1.26 bits per heavy atom. The third-order valence-corrected chi connectivity index (χ3v) is 7.41. The second kappa shape index (κ2) is 10.6. The van der Waals surface area contributed by atoms with Crippen molar-refractivity contribution in [1.29, 1.82) is 0 Å². The highest BCUT2D eigenvalue weighted by Crippen LogP contribution is 2.33. The van der Waals surface area contributed by atoms with E-state index in [-0.39, 0.29) is 5.41 Å². The average molecular weight is 510 g/mol. The van der Waals surface area contributed by atoms with Crippen molar-refractivity contribution in [3.63, 3.8) is 0 Å². The van der Waals surface area contributed by atoms with Crippen LogP contribution in [-0.4, -0.2) is 46.3 Å². The molecule has 0 fully saturated rings. The van der Waals surface area contributed by atoms with Gasteiger partial charge in [-0.15, -0.1) is 0 Å². The van der Waals surface area contributed by atoms with Crippen LogP contribution in [0.5, 0.6) is 11.6 Å². The Balaban J connectivity index is 2.33. The standard InChI is InChI=1S/C23H33BrN4O2S/c1-8-28(7)16-25-21-14-20(24)22(27-17(21)3)30-18-11-10-12-19(13-18)31(29,9-2)26-15-23(4,5)6/h10-14,16H,8-9,15H2,1-7H3/b25-16-. The second-order valence-electron chi connectivity index (χ2n) is 8.55. The van der Waals surface area contributed by atoms with Gasteiger partial charge >= 0.3 is 0 Å². The van der Waals surface area contributed by atoms with Crippen molar-refractivity contribution in [3.05, 3.63) is 40.5 Å². The highest BCUT2D eigenvalue weighted by atomic mass is 79.9. The van der Waals surface area contributed by atoms with Crippen LogP contribution in [0, 0.1) is 12.3 Å². The van der Waals surface area contributed by atoms with Gasteiger partial charge in [-0.1, -0.05) is 33.8 Å². The van der Waals surface area contributed by atoms with E-state index < -0.39 is 9.73 Å². The van der Waals surface area contributed by atoms with Gasteiger partial charge in [0.25, 0.3) is 0 Å². The highest BCUT2D eigenvalue weighted by molar-refractivity contribution is 9.10. The first-order chi connectivity index (χ1) is 14.5. The van der Waals surface area contributed by atoms with Gasteiger partial charge in [-0.3, -0.25) is 0 Å². The van der Waals surface area contributed by atoms with Crippen LogP contribution in [0.4, 0.5) is 5.69 Å². The molecule has 0 amide bonds. The monoisotopic (exact) mass is 508 g/mol. The molecule has 0 aliphatic carbocycles. The van der Waals surface area contributed by atoms with Crippen molar-refractivity contribution in [2.45, 2.75) is 46.4 Å². The zero-order chi connectivity index (χ0) is 23.2. The normalized spacial score (nSPS) is 13.8. The molecule has 1 aromatic heterocycles. The Kier molecular flexibility index (Phi) is 8.65. The SMILES string of the molecule is CCN(C)/C=N\c1cc(Br)c(Oc2cccc(S(=O)(CC)=NCC(C)(C)C)c2)nc1C. The molecule has 0 aliphatic heterocycles. The molecule has 0 spiro atoms. The van der Waals surface area contributed by atoms with E-state index in [0.717, 1.165) is 17.9 Å². The van der Waals surface area contributed by atoms with Crippen molar-refractivity contribution < 1.29 is 8.95 Å². The van der Waals surface area contributed by atoms with E-state index in [9.17, 15) is 4.21 Å². The molecule has 0 N–H and O–H groups in total. The van der Waals surface area contributed by atoms with Crippen LogP contribution in [0.25, 0.3) is 0 Å². The van der Waals surface area contributed by atoms with Crippen LogP contribution in [0.15, 0.2) is 49.1 Å². The topological polar surface area (TPSA) is 67.2 Å². The van der Waals surface area contributed by atoms with Gasteiger partial charge < -0.3 is 9.64 Å². The van der Waals surface area contributed by atoms with Gasteiger partial charge in [0.1, 0.15) is 5.75 Å². The first-order valence-corrected chi connectivity index (χ1v) is 12.8. The van der Waals surface area contributed by atoms with Crippen LogP contribution in [0.2, 0.25) is 0 Å². The van der Waals surface area contributed by atoms with E-state index >= 15 is 0 Å². The molecule has 0 bridgehead atoms. The molecule has 0 aliphatic rings. The number of hydrogen-bond acceptors (Lipinski definition) is 5. The van der Waals surface area contributed by atoms with Gasteiger partial charge in [0.15, 0.2) is 0 Å². The fraction of sp³-hybridized carbons (Fsp3) is 0.478. The number of aromatic nitrogens is 1. The lowest BCUT2D eigenvalue weighted by Crippen LogP contribution is -2.14. The maximum Gasteiger partial charge on any atom is 0.233 e. The van der Waals surface area contributed by atoms with Crippen LogP contribution in [0.1, 0.15) is 40.3 Å². The first-order valence-electron chi connectivity index (χ1n) is 10.4. The van der Waals surface area contributed by atoms with Gasteiger partial charge in [0.05, 0.1) is 43.4 Å². The minimum atomic E-state index is -2.51. The summed E-state index contributed by atoms with van der Waals surface area (Å²) in [6.45, 7) is 13.5. The number of rotatable bonds is 8. The summed E-state index contributed by atoms with van der Waals surface area (Å²) >= 11 is 3.53. The number of ether oxygens (including phenoxy) is 1. The summed E-state index contributed by atoms with van der Waals surface area (Å²) in [6.07, 6.45) is 1.78. The maximum atomic E-state index is 13.5. The Morgan fingerprint density at radius 3 is 2.58 bits per heavy atom. The van der Waals surface area contributed by atoms with E-state index in [1.165, 1.54) is 0 Å². The Labute approximate surface area is 195 Å². The molecule has 31 heavy (non-hydrogen) atoms. The molecule has 2 rings (SSSR count). The first kappa shape index (κ1) is 25.3. The highest BCUT2D eigenvalue weighted by Gasteiger charge is 2.16. The molecule has 6 nitrogen and oxygen atoms in total. The number of aliphatic imine (C=N–C) groups is 1. The summed E-state index contributed by atoms with van der Waals surface area (Å²) in [5, 5.41) is 0. The molecule has 170 valence electrons. The van der Waals surface area contributed by atoms with Gasteiger partial charge in [-0.2, -0.15) is 0 Å². The van der Waals surface area contributed by atoms with Gasteiger partial charge in [-0.25, -0.2) is 18.5 Å². The predicted molar refractivity (Wildman–Crippen MR) is 133 cm³/mol. The van der Waals surface area contributed by atoms with Crippen LogP contribution >= 0.6 is 15.9 Å². The van der Waals surface area contributed by atoms with E-state index in [0.29, 0.717) is 33.3 Å². The van der Waals surface area contributed by atoms with Crippen molar-refractivity contribution in [2.75, 3.05) is 25.9 Å². The maximum absolute atomic E-state index is 13.5. The molecule has 0 saturated heterocycles.